The third-order valence-electron chi connectivity index (χ3n) is 5.06. The van der Waals surface area contributed by atoms with E-state index in [1.54, 1.807) is 38.5 Å². The summed E-state index contributed by atoms with van der Waals surface area (Å²) in [6.45, 7) is 1.02. The van der Waals surface area contributed by atoms with Crippen LogP contribution >= 0.6 is 23.2 Å². The van der Waals surface area contributed by atoms with Crippen LogP contribution in [-0.2, 0) is 4.79 Å². The van der Waals surface area contributed by atoms with Crippen LogP contribution in [0.2, 0.25) is 10.0 Å². The molecule has 0 amide bonds. The number of hydrogen-bond acceptors (Lipinski definition) is 6. The number of ketones is 1. The molecule has 0 aliphatic carbocycles. The van der Waals surface area contributed by atoms with Crippen molar-refractivity contribution in [1.29, 1.82) is 0 Å². The number of hydrogen-bond donors (Lipinski definition) is 0. The van der Waals surface area contributed by atoms with Crippen LogP contribution in [0, 0.1) is 0 Å². The van der Waals surface area contributed by atoms with Crippen LogP contribution in [0.4, 0.5) is 0 Å². The standard InChI is InChI=1S/C24H25Cl2NO5/c1-27-12-16(6-14-8-18(25)23(31-4)20(10-14)29-2)22(28)17(13-27)7-15-9-19(26)24(32-5)21(11-15)30-3/h6-11H,12-13H2,1-5H3/b16-6+,17-7+. The van der Waals surface area contributed by atoms with Gasteiger partial charge in [-0.15, -0.1) is 0 Å². The molecular formula is C24H25Cl2NO5. The van der Waals surface area contributed by atoms with Crippen LogP contribution in [0.15, 0.2) is 35.4 Å². The molecule has 0 unspecified atom stereocenters. The molecule has 3 rings (SSSR count). The maximum absolute atomic E-state index is 13.3. The number of Topliss-reactive ketones (excluding diaryl/α,β-unsaturated/α-hetero) is 1. The highest BCUT2D eigenvalue weighted by atomic mass is 35.5. The van der Waals surface area contributed by atoms with Crippen molar-refractivity contribution in [2.45, 2.75) is 0 Å². The quantitative estimate of drug-likeness (QED) is 0.545. The van der Waals surface area contributed by atoms with Gasteiger partial charge in [0.15, 0.2) is 28.8 Å². The predicted octanol–water partition coefficient (Wildman–Crippen LogP) is 5.01. The van der Waals surface area contributed by atoms with Crippen LogP contribution in [0.5, 0.6) is 23.0 Å². The number of methoxy groups -OCH3 is 4. The minimum Gasteiger partial charge on any atom is -0.493 e. The predicted molar refractivity (Wildman–Crippen MR) is 128 cm³/mol. The number of halogens is 2. The van der Waals surface area contributed by atoms with Gasteiger partial charge in [0.25, 0.3) is 0 Å². The summed E-state index contributed by atoms with van der Waals surface area (Å²) in [6, 6.07) is 7.07. The largest absolute Gasteiger partial charge is 0.493 e. The highest BCUT2D eigenvalue weighted by molar-refractivity contribution is 6.33. The van der Waals surface area contributed by atoms with E-state index >= 15 is 0 Å². The van der Waals surface area contributed by atoms with Crippen molar-refractivity contribution in [3.63, 3.8) is 0 Å². The van der Waals surface area contributed by atoms with E-state index in [0.29, 0.717) is 57.3 Å². The number of carbonyl (C=O) groups is 1. The van der Waals surface area contributed by atoms with Crippen molar-refractivity contribution in [3.05, 3.63) is 56.6 Å². The number of ether oxygens (including phenoxy) is 4. The Labute approximate surface area is 197 Å². The molecule has 8 heteroatoms. The van der Waals surface area contributed by atoms with Crippen molar-refractivity contribution in [1.82, 2.24) is 4.90 Å². The second-order valence-corrected chi connectivity index (χ2v) is 8.13. The van der Waals surface area contributed by atoms with Gasteiger partial charge in [-0.25, -0.2) is 0 Å². The Morgan fingerprint density at radius 2 is 1.16 bits per heavy atom. The van der Waals surface area contributed by atoms with E-state index in [1.165, 1.54) is 14.2 Å². The molecule has 2 aromatic carbocycles. The van der Waals surface area contributed by atoms with Crippen LogP contribution in [-0.4, -0.2) is 59.3 Å². The summed E-state index contributed by atoms with van der Waals surface area (Å²) in [7, 11) is 8.09. The summed E-state index contributed by atoms with van der Waals surface area (Å²) in [6.07, 6.45) is 3.64. The fraction of sp³-hybridized carbons (Fsp3) is 0.292. The lowest BCUT2D eigenvalue weighted by Crippen LogP contribution is -2.34. The van der Waals surface area contributed by atoms with E-state index < -0.39 is 0 Å². The number of rotatable bonds is 6. The van der Waals surface area contributed by atoms with Crippen LogP contribution < -0.4 is 18.9 Å². The summed E-state index contributed by atoms with van der Waals surface area (Å²) in [5.74, 6) is 1.86. The van der Waals surface area contributed by atoms with Gasteiger partial charge in [0.05, 0.1) is 38.5 Å². The molecule has 1 aliphatic rings. The normalized spacial score (nSPS) is 17.0. The molecule has 0 N–H and O–H groups in total. The first-order valence-electron chi connectivity index (χ1n) is 9.78. The Hall–Kier alpha value is -2.67. The zero-order valence-corrected chi connectivity index (χ0v) is 20.1. The third kappa shape index (κ3) is 5.04. The van der Waals surface area contributed by atoms with Crippen molar-refractivity contribution in [2.75, 3.05) is 48.6 Å². The van der Waals surface area contributed by atoms with Gasteiger partial charge in [0.2, 0.25) is 0 Å². The molecule has 1 fully saturated rings. The minimum atomic E-state index is -0.0417. The van der Waals surface area contributed by atoms with Gasteiger partial charge in [-0.3, -0.25) is 9.69 Å². The minimum absolute atomic E-state index is 0.0417. The van der Waals surface area contributed by atoms with Gasteiger partial charge >= 0.3 is 0 Å². The number of likely N-dealkylation sites (tertiary alicyclic amines) is 1. The SMILES string of the molecule is COc1cc(/C=C2\CN(C)C/C(=C\c3cc(Cl)c(OC)c(OC)c3)C2=O)cc(Cl)c1OC. The molecule has 1 heterocycles. The van der Waals surface area contributed by atoms with Crippen molar-refractivity contribution >= 4 is 41.1 Å². The molecule has 1 aliphatic heterocycles. The van der Waals surface area contributed by atoms with E-state index in [9.17, 15) is 4.79 Å². The number of piperidine rings is 1. The number of nitrogens with zero attached hydrogens (tertiary/aromatic N) is 1. The van der Waals surface area contributed by atoms with Crippen molar-refractivity contribution < 1.29 is 23.7 Å². The fourth-order valence-electron chi connectivity index (χ4n) is 3.65. The molecule has 0 atom stereocenters. The van der Waals surface area contributed by atoms with E-state index in [-0.39, 0.29) is 5.78 Å². The van der Waals surface area contributed by atoms with Gasteiger partial charge in [0.1, 0.15) is 0 Å². The Balaban J connectivity index is 2.00. The Morgan fingerprint density at radius 3 is 1.50 bits per heavy atom. The zero-order chi connectivity index (χ0) is 23.4. The number of carbonyl (C=O) groups excluding carboxylic acids is 1. The second-order valence-electron chi connectivity index (χ2n) is 7.32. The maximum Gasteiger partial charge on any atom is 0.187 e. The number of likely N-dealkylation sites (N-methyl/N-ethyl adjacent to an activating group) is 1. The lowest BCUT2D eigenvalue weighted by molar-refractivity contribution is -0.113. The van der Waals surface area contributed by atoms with Crippen LogP contribution in [0.3, 0.4) is 0 Å². The van der Waals surface area contributed by atoms with Gasteiger partial charge < -0.3 is 18.9 Å². The van der Waals surface area contributed by atoms with Gasteiger partial charge in [-0.2, -0.15) is 0 Å². The Kier molecular flexibility index (Phi) is 7.72. The molecule has 0 radical (unpaired) electrons. The topological polar surface area (TPSA) is 57.2 Å². The molecule has 1 saturated heterocycles. The lowest BCUT2D eigenvalue weighted by Gasteiger charge is -2.26. The van der Waals surface area contributed by atoms with E-state index in [2.05, 4.69) is 4.90 Å². The average Bonchev–Trinajstić information content (AvgIpc) is 2.76. The molecule has 0 aromatic heterocycles. The molecule has 0 spiro atoms. The first-order valence-corrected chi connectivity index (χ1v) is 10.5. The molecule has 2 aromatic rings. The van der Waals surface area contributed by atoms with E-state index in [4.69, 9.17) is 42.1 Å². The van der Waals surface area contributed by atoms with Crippen LogP contribution in [0.25, 0.3) is 12.2 Å². The molecule has 0 bridgehead atoms. The average molecular weight is 478 g/mol. The lowest BCUT2D eigenvalue weighted by atomic mass is 9.94. The highest BCUT2D eigenvalue weighted by Gasteiger charge is 2.24. The first-order chi connectivity index (χ1) is 15.3. The third-order valence-corrected chi connectivity index (χ3v) is 5.62. The van der Waals surface area contributed by atoms with E-state index in [1.807, 2.05) is 19.2 Å². The Morgan fingerprint density at radius 1 is 0.750 bits per heavy atom. The molecule has 32 heavy (non-hydrogen) atoms. The Bertz CT molecular complexity index is 1010. The summed E-state index contributed by atoms with van der Waals surface area (Å²) in [4.78, 5) is 15.3. The summed E-state index contributed by atoms with van der Waals surface area (Å²) in [5, 5.41) is 0.817. The molecule has 6 nitrogen and oxygen atoms in total. The molecular weight excluding hydrogens is 453 g/mol. The summed E-state index contributed by atoms with van der Waals surface area (Å²) < 4.78 is 21.3. The highest BCUT2D eigenvalue weighted by Crippen LogP contribution is 2.38. The monoisotopic (exact) mass is 477 g/mol. The van der Waals surface area contributed by atoms with Gasteiger partial charge in [-0.05, 0) is 54.6 Å². The summed E-state index contributed by atoms with van der Waals surface area (Å²) in [5.41, 5.74) is 2.78. The molecule has 0 saturated carbocycles. The zero-order valence-electron chi connectivity index (χ0n) is 18.6. The smallest absolute Gasteiger partial charge is 0.187 e. The second kappa shape index (κ2) is 10.3. The molecule has 170 valence electrons. The van der Waals surface area contributed by atoms with Gasteiger partial charge in [-0.1, -0.05) is 23.2 Å². The van der Waals surface area contributed by atoms with Crippen molar-refractivity contribution in [3.8, 4) is 23.0 Å². The van der Waals surface area contributed by atoms with E-state index in [0.717, 1.165) is 11.1 Å². The van der Waals surface area contributed by atoms with Gasteiger partial charge in [0, 0.05) is 24.2 Å². The van der Waals surface area contributed by atoms with Crippen LogP contribution in [0.1, 0.15) is 11.1 Å². The fourth-order valence-corrected chi connectivity index (χ4v) is 4.25. The summed E-state index contributed by atoms with van der Waals surface area (Å²) >= 11 is 12.6. The first kappa shape index (κ1) is 24.0. The number of benzene rings is 2. The maximum atomic E-state index is 13.3. The van der Waals surface area contributed by atoms with Crippen molar-refractivity contribution in [2.24, 2.45) is 0 Å².